The first kappa shape index (κ1) is 18.4. The molecule has 0 atom stereocenters. The number of ether oxygens (including phenoxy) is 1. The van der Waals surface area contributed by atoms with Crippen molar-refractivity contribution in [3.05, 3.63) is 21.4 Å². The van der Waals surface area contributed by atoms with Crippen molar-refractivity contribution < 1.29 is 9.53 Å². The van der Waals surface area contributed by atoms with Crippen molar-refractivity contribution in [2.24, 2.45) is 5.41 Å². The van der Waals surface area contributed by atoms with Gasteiger partial charge in [-0.1, -0.05) is 0 Å². The zero-order chi connectivity index (χ0) is 14.6. The molecular weight excluding hydrogens is 308 g/mol. The minimum absolute atomic E-state index is 0. The number of amides is 1. The molecule has 0 unspecified atom stereocenters. The number of methoxy groups -OCH3 is 1. The van der Waals surface area contributed by atoms with Gasteiger partial charge in [0, 0.05) is 23.9 Å². The Hall–Kier alpha value is -0.620. The van der Waals surface area contributed by atoms with Crippen LogP contribution >= 0.6 is 23.7 Å². The molecule has 0 saturated carbocycles. The van der Waals surface area contributed by atoms with E-state index in [2.05, 4.69) is 17.6 Å². The Morgan fingerprint density at radius 2 is 2.10 bits per heavy atom. The van der Waals surface area contributed by atoms with Crippen LogP contribution in [0.2, 0.25) is 0 Å². The number of carbonyl (C=O) groups excluding carboxylic acids is 1. The quantitative estimate of drug-likeness (QED) is 0.871. The molecule has 2 N–H and O–H groups in total. The van der Waals surface area contributed by atoms with Crippen LogP contribution in [-0.4, -0.2) is 39.3 Å². The summed E-state index contributed by atoms with van der Waals surface area (Å²) >= 11 is 1.57. The molecule has 1 aliphatic heterocycles. The smallest absolute Gasteiger partial charge is 0.261 e. The lowest BCUT2D eigenvalue weighted by atomic mass is 9.79. The predicted octanol–water partition coefficient (Wildman–Crippen LogP) is 2.53. The third-order valence-electron chi connectivity index (χ3n) is 4.13. The third-order valence-corrected chi connectivity index (χ3v) is 5.28. The van der Waals surface area contributed by atoms with Crippen molar-refractivity contribution in [1.82, 2.24) is 10.6 Å². The molecule has 21 heavy (non-hydrogen) atoms. The summed E-state index contributed by atoms with van der Waals surface area (Å²) in [6.07, 6.45) is 2.09. The first-order valence-corrected chi connectivity index (χ1v) is 7.93. The van der Waals surface area contributed by atoms with Gasteiger partial charge in [0.05, 0.1) is 11.5 Å². The third kappa shape index (κ3) is 4.68. The molecule has 4 nitrogen and oxygen atoms in total. The van der Waals surface area contributed by atoms with E-state index in [1.165, 1.54) is 10.4 Å². The molecule has 0 aliphatic carbocycles. The van der Waals surface area contributed by atoms with E-state index in [4.69, 9.17) is 4.74 Å². The number of halogens is 1. The highest BCUT2D eigenvalue weighted by Crippen LogP contribution is 2.28. The van der Waals surface area contributed by atoms with Crippen LogP contribution in [0.25, 0.3) is 0 Å². The van der Waals surface area contributed by atoms with Crippen molar-refractivity contribution in [2.75, 3.05) is 33.4 Å². The summed E-state index contributed by atoms with van der Waals surface area (Å²) in [6.45, 7) is 7.49. The Balaban J connectivity index is 0.00000220. The maximum atomic E-state index is 12.2. The summed E-state index contributed by atoms with van der Waals surface area (Å²) < 4.78 is 5.37. The molecular formula is C15H25ClN2O2S. The molecule has 2 heterocycles. The van der Waals surface area contributed by atoms with Gasteiger partial charge in [0.2, 0.25) is 0 Å². The van der Waals surface area contributed by atoms with Crippen molar-refractivity contribution in [2.45, 2.75) is 26.7 Å². The zero-order valence-corrected chi connectivity index (χ0v) is 14.6. The van der Waals surface area contributed by atoms with Gasteiger partial charge in [-0.25, -0.2) is 0 Å². The number of hydrogen-bond donors (Lipinski definition) is 2. The zero-order valence-electron chi connectivity index (χ0n) is 13.0. The minimum Gasteiger partial charge on any atom is -0.384 e. The van der Waals surface area contributed by atoms with Crippen LogP contribution < -0.4 is 10.6 Å². The van der Waals surface area contributed by atoms with Gasteiger partial charge in [-0.15, -0.1) is 23.7 Å². The molecule has 2 rings (SSSR count). The first-order valence-electron chi connectivity index (χ1n) is 7.11. The van der Waals surface area contributed by atoms with Crippen LogP contribution in [0.3, 0.4) is 0 Å². The van der Waals surface area contributed by atoms with Crippen LogP contribution in [0.5, 0.6) is 0 Å². The number of aryl methyl sites for hydroxylation is 2. The van der Waals surface area contributed by atoms with E-state index in [1.807, 2.05) is 13.0 Å². The molecule has 1 amide bonds. The van der Waals surface area contributed by atoms with Crippen LogP contribution in [0.15, 0.2) is 6.07 Å². The molecule has 1 fully saturated rings. The van der Waals surface area contributed by atoms with Crippen molar-refractivity contribution >= 4 is 29.7 Å². The second-order valence-corrected chi connectivity index (χ2v) is 6.97. The summed E-state index contributed by atoms with van der Waals surface area (Å²) in [5.41, 5.74) is 1.27. The fraction of sp³-hybridized carbons (Fsp3) is 0.667. The largest absolute Gasteiger partial charge is 0.384 e. The van der Waals surface area contributed by atoms with E-state index in [9.17, 15) is 4.79 Å². The lowest BCUT2D eigenvalue weighted by Crippen LogP contribution is -2.47. The number of rotatable bonds is 5. The van der Waals surface area contributed by atoms with Gasteiger partial charge in [-0.3, -0.25) is 4.79 Å². The van der Waals surface area contributed by atoms with Crippen LogP contribution in [-0.2, 0) is 4.74 Å². The SMILES string of the molecule is COCC1(CNC(=O)c2cc(C)c(C)s2)CCNCC1.Cl. The molecule has 0 spiro atoms. The molecule has 1 aromatic heterocycles. The lowest BCUT2D eigenvalue weighted by molar-refractivity contribution is 0.0512. The molecule has 120 valence electrons. The average molecular weight is 333 g/mol. The number of thiophene rings is 1. The van der Waals surface area contributed by atoms with Crippen molar-refractivity contribution in [3.8, 4) is 0 Å². The fourth-order valence-corrected chi connectivity index (χ4v) is 3.63. The maximum Gasteiger partial charge on any atom is 0.261 e. The Morgan fingerprint density at radius 1 is 1.43 bits per heavy atom. The number of nitrogens with one attached hydrogen (secondary N) is 2. The number of carbonyl (C=O) groups is 1. The van der Waals surface area contributed by atoms with E-state index in [0.717, 1.165) is 30.8 Å². The molecule has 1 aliphatic rings. The topological polar surface area (TPSA) is 50.4 Å². The van der Waals surface area contributed by atoms with Gasteiger partial charge >= 0.3 is 0 Å². The summed E-state index contributed by atoms with van der Waals surface area (Å²) in [5, 5.41) is 6.46. The van der Waals surface area contributed by atoms with Crippen molar-refractivity contribution in [3.63, 3.8) is 0 Å². The second kappa shape index (κ2) is 8.13. The molecule has 6 heteroatoms. The normalized spacial score (nSPS) is 17.1. The van der Waals surface area contributed by atoms with Crippen LogP contribution in [0.1, 0.15) is 33.0 Å². The van der Waals surface area contributed by atoms with E-state index in [1.54, 1.807) is 18.4 Å². The highest BCUT2D eigenvalue weighted by molar-refractivity contribution is 7.14. The van der Waals surface area contributed by atoms with Gasteiger partial charge in [-0.2, -0.15) is 0 Å². The van der Waals surface area contributed by atoms with E-state index < -0.39 is 0 Å². The monoisotopic (exact) mass is 332 g/mol. The number of piperidine rings is 1. The van der Waals surface area contributed by atoms with Crippen molar-refractivity contribution in [1.29, 1.82) is 0 Å². The fourth-order valence-electron chi connectivity index (χ4n) is 2.68. The van der Waals surface area contributed by atoms with Crippen LogP contribution in [0, 0.1) is 19.3 Å². The van der Waals surface area contributed by atoms with Crippen LogP contribution in [0.4, 0.5) is 0 Å². The van der Waals surface area contributed by atoms with Gasteiger partial charge in [0.1, 0.15) is 0 Å². The van der Waals surface area contributed by atoms with E-state index >= 15 is 0 Å². The Kier molecular flexibility index (Phi) is 7.13. The second-order valence-electron chi connectivity index (χ2n) is 5.72. The summed E-state index contributed by atoms with van der Waals surface area (Å²) in [6, 6.07) is 1.97. The molecule has 1 aromatic rings. The summed E-state index contributed by atoms with van der Waals surface area (Å²) in [5.74, 6) is 0.0419. The Bertz CT molecular complexity index is 445. The molecule has 0 aromatic carbocycles. The lowest BCUT2D eigenvalue weighted by Gasteiger charge is -2.37. The Labute approximate surface area is 137 Å². The minimum atomic E-state index is 0. The molecule has 0 radical (unpaired) electrons. The van der Waals surface area contributed by atoms with Gasteiger partial charge in [-0.05, 0) is 51.4 Å². The van der Waals surface area contributed by atoms with E-state index in [0.29, 0.717) is 13.2 Å². The van der Waals surface area contributed by atoms with E-state index in [-0.39, 0.29) is 23.7 Å². The van der Waals surface area contributed by atoms with Gasteiger partial charge < -0.3 is 15.4 Å². The summed E-state index contributed by atoms with van der Waals surface area (Å²) in [7, 11) is 1.73. The van der Waals surface area contributed by atoms with Gasteiger partial charge in [0.25, 0.3) is 5.91 Å². The summed E-state index contributed by atoms with van der Waals surface area (Å²) in [4.78, 5) is 14.3. The molecule has 0 bridgehead atoms. The molecule has 1 saturated heterocycles. The predicted molar refractivity (Wildman–Crippen MR) is 89.8 cm³/mol. The first-order chi connectivity index (χ1) is 9.56. The maximum absolute atomic E-state index is 12.2. The average Bonchev–Trinajstić information content (AvgIpc) is 2.78. The highest BCUT2D eigenvalue weighted by atomic mass is 35.5. The highest BCUT2D eigenvalue weighted by Gasteiger charge is 2.32. The Morgan fingerprint density at radius 3 is 2.62 bits per heavy atom. The standard InChI is InChI=1S/C15H24N2O2S.ClH/c1-11-8-13(20-12(11)2)14(18)17-9-15(10-19-3)4-6-16-7-5-15;/h8,16H,4-7,9-10H2,1-3H3,(H,17,18);1H. The number of hydrogen-bond acceptors (Lipinski definition) is 4. The van der Waals surface area contributed by atoms with Gasteiger partial charge in [0.15, 0.2) is 0 Å².